The van der Waals surface area contributed by atoms with Gasteiger partial charge in [-0.25, -0.2) is 0 Å². The van der Waals surface area contributed by atoms with Crippen molar-refractivity contribution in [1.29, 1.82) is 0 Å². The Hall–Kier alpha value is -0.120. The molecule has 0 saturated carbocycles. The molecule has 15 heavy (non-hydrogen) atoms. The molecule has 0 aliphatic rings. The number of rotatable bonds is 11. The van der Waals surface area contributed by atoms with E-state index >= 15 is 0 Å². The van der Waals surface area contributed by atoms with Crippen LogP contribution in [0.15, 0.2) is 0 Å². The summed E-state index contributed by atoms with van der Waals surface area (Å²) in [6, 6.07) is 0. The van der Waals surface area contributed by atoms with Crippen LogP contribution >= 0.6 is 0 Å². The van der Waals surface area contributed by atoms with Crippen molar-refractivity contribution < 1.29 is 0 Å². The Morgan fingerprint density at radius 2 is 1.13 bits per heavy atom. The highest BCUT2D eigenvalue weighted by Crippen LogP contribution is 2.18. The van der Waals surface area contributed by atoms with Gasteiger partial charge in [-0.15, -0.1) is 0 Å². The van der Waals surface area contributed by atoms with Crippen molar-refractivity contribution in [1.82, 2.24) is 0 Å². The molecule has 3 nitrogen and oxygen atoms in total. The summed E-state index contributed by atoms with van der Waals surface area (Å²) in [6.07, 6.45) is 9.99. The van der Waals surface area contributed by atoms with Gasteiger partial charge in [0.2, 0.25) is 0 Å². The van der Waals surface area contributed by atoms with Crippen molar-refractivity contribution >= 4 is 0 Å². The number of nitrogens with two attached hydrogens (primary N) is 3. The summed E-state index contributed by atoms with van der Waals surface area (Å²) in [5, 5.41) is 0. The minimum atomic E-state index is 0.802. The first kappa shape index (κ1) is 14.9. The summed E-state index contributed by atoms with van der Waals surface area (Å²) in [5.74, 6) is 0.802. The second-order valence-electron chi connectivity index (χ2n) is 4.37. The third-order valence-electron chi connectivity index (χ3n) is 2.96. The molecular weight excluding hydrogens is 186 g/mol. The topological polar surface area (TPSA) is 78.1 Å². The zero-order chi connectivity index (χ0) is 11.4. The van der Waals surface area contributed by atoms with Crippen LogP contribution in [0.1, 0.15) is 51.4 Å². The summed E-state index contributed by atoms with van der Waals surface area (Å²) >= 11 is 0. The van der Waals surface area contributed by atoms with Gasteiger partial charge in [0.05, 0.1) is 0 Å². The molecule has 0 bridgehead atoms. The molecule has 3 heteroatoms. The molecule has 0 radical (unpaired) electrons. The van der Waals surface area contributed by atoms with Crippen LogP contribution in [0.25, 0.3) is 0 Å². The van der Waals surface area contributed by atoms with Gasteiger partial charge in [-0.2, -0.15) is 0 Å². The van der Waals surface area contributed by atoms with Gasteiger partial charge < -0.3 is 17.2 Å². The van der Waals surface area contributed by atoms with E-state index in [2.05, 4.69) is 0 Å². The molecule has 0 aromatic carbocycles. The number of hydrogen-bond donors (Lipinski definition) is 3. The van der Waals surface area contributed by atoms with Crippen LogP contribution in [0.5, 0.6) is 0 Å². The van der Waals surface area contributed by atoms with Crippen LogP contribution in [-0.2, 0) is 0 Å². The molecule has 6 N–H and O–H groups in total. The molecule has 0 saturated heterocycles. The molecule has 92 valence electrons. The molecule has 1 unspecified atom stereocenters. The Kier molecular flexibility index (Phi) is 11.9. The van der Waals surface area contributed by atoms with Crippen molar-refractivity contribution in [2.75, 3.05) is 19.6 Å². The van der Waals surface area contributed by atoms with Gasteiger partial charge in [-0.3, -0.25) is 0 Å². The van der Waals surface area contributed by atoms with Crippen LogP contribution in [0, 0.1) is 5.92 Å². The highest BCUT2D eigenvalue weighted by molar-refractivity contribution is 4.61. The quantitative estimate of drug-likeness (QED) is 0.458. The van der Waals surface area contributed by atoms with Gasteiger partial charge in [-0.05, 0) is 51.2 Å². The molecule has 0 amide bonds. The van der Waals surface area contributed by atoms with E-state index in [1.165, 1.54) is 38.5 Å². The first-order chi connectivity index (χ1) is 7.35. The lowest BCUT2D eigenvalue weighted by Crippen LogP contribution is -2.11. The molecule has 1 atom stereocenters. The maximum atomic E-state index is 5.61. The van der Waals surface area contributed by atoms with Crippen molar-refractivity contribution in [3.05, 3.63) is 0 Å². The molecule has 0 aliphatic carbocycles. The standard InChI is InChI=1S/C12H29N3/c13-9-4-2-1-3-6-12(8-11-15)7-5-10-14/h12H,1-11,13-15H2. The maximum Gasteiger partial charge on any atom is -0.00746 e. The lowest BCUT2D eigenvalue weighted by atomic mass is 9.93. The van der Waals surface area contributed by atoms with Gasteiger partial charge >= 0.3 is 0 Å². The fraction of sp³-hybridized carbons (Fsp3) is 1.00. The summed E-state index contributed by atoms with van der Waals surface area (Å²) in [7, 11) is 0. The fourth-order valence-corrected chi connectivity index (χ4v) is 2.01. The second-order valence-corrected chi connectivity index (χ2v) is 4.37. The van der Waals surface area contributed by atoms with Gasteiger partial charge in [0.1, 0.15) is 0 Å². The monoisotopic (exact) mass is 215 g/mol. The van der Waals surface area contributed by atoms with Crippen LogP contribution < -0.4 is 17.2 Å². The number of hydrogen-bond acceptors (Lipinski definition) is 3. The highest BCUT2D eigenvalue weighted by atomic mass is 14.5. The maximum absolute atomic E-state index is 5.61. The lowest BCUT2D eigenvalue weighted by molar-refractivity contribution is 0.396. The van der Waals surface area contributed by atoms with Gasteiger partial charge in [0.25, 0.3) is 0 Å². The van der Waals surface area contributed by atoms with Gasteiger partial charge in [-0.1, -0.05) is 25.7 Å². The van der Waals surface area contributed by atoms with Crippen LogP contribution in [0.3, 0.4) is 0 Å². The van der Waals surface area contributed by atoms with Crippen molar-refractivity contribution in [3.8, 4) is 0 Å². The average molecular weight is 215 g/mol. The summed E-state index contributed by atoms with van der Waals surface area (Å²) in [4.78, 5) is 0. The van der Waals surface area contributed by atoms with E-state index in [4.69, 9.17) is 17.2 Å². The molecular formula is C12H29N3. The van der Waals surface area contributed by atoms with E-state index in [1.54, 1.807) is 0 Å². The summed E-state index contributed by atoms with van der Waals surface area (Å²) in [6.45, 7) is 2.46. The molecule has 0 aromatic heterocycles. The van der Waals surface area contributed by atoms with Crippen LogP contribution in [0.2, 0.25) is 0 Å². The second kappa shape index (κ2) is 12.0. The molecule has 0 heterocycles. The zero-order valence-corrected chi connectivity index (χ0v) is 10.1. The van der Waals surface area contributed by atoms with Crippen molar-refractivity contribution in [2.45, 2.75) is 51.4 Å². The van der Waals surface area contributed by atoms with E-state index in [1.807, 2.05) is 0 Å². The zero-order valence-electron chi connectivity index (χ0n) is 10.1. The first-order valence-corrected chi connectivity index (χ1v) is 6.45. The van der Waals surface area contributed by atoms with Gasteiger partial charge in [0, 0.05) is 0 Å². The first-order valence-electron chi connectivity index (χ1n) is 6.45. The normalized spacial score (nSPS) is 13.0. The minimum absolute atomic E-state index is 0.802. The molecule has 0 aliphatic heterocycles. The Balaban J connectivity index is 3.38. The fourth-order valence-electron chi connectivity index (χ4n) is 2.01. The smallest absolute Gasteiger partial charge is 0.00746 e. The van der Waals surface area contributed by atoms with Crippen LogP contribution in [0.4, 0.5) is 0 Å². The average Bonchev–Trinajstić information content (AvgIpc) is 2.25. The number of unbranched alkanes of at least 4 members (excludes halogenated alkanes) is 3. The van der Waals surface area contributed by atoms with E-state index in [0.29, 0.717) is 0 Å². The van der Waals surface area contributed by atoms with E-state index < -0.39 is 0 Å². The third-order valence-corrected chi connectivity index (χ3v) is 2.96. The van der Waals surface area contributed by atoms with E-state index in [0.717, 1.165) is 38.4 Å². The molecule has 0 spiro atoms. The molecule has 0 aromatic rings. The predicted molar refractivity (Wildman–Crippen MR) is 67.6 cm³/mol. The van der Waals surface area contributed by atoms with Crippen molar-refractivity contribution in [2.24, 2.45) is 23.1 Å². The minimum Gasteiger partial charge on any atom is -0.330 e. The lowest BCUT2D eigenvalue weighted by Gasteiger charge is -2.15. The van der Waals surface area contributed by atoms with E-state index in [9.17, 15) is 0 Å². The summed E-state index contributed by atoms with van der Waals surface area (Å²) in [5.41, 5.74) is 16.6. The Labute approximate surface area is 94.8 Å². The summed E-state index contributed by atoms with van der Waals surface area (Å²) < 4.78 is 0. The highest BCUT2D eigenvalue weighted by Gasteiger charge is 2.06. The SMILES string of the molecule is NCCCCCCC(CCN)CCCN. The Morgan fingerprint density at radius 3 is 1.73 bits per heavy atom. The Morgan fingerprint density at radius 1 is 0.533 bits per heavy atom. The van der Waals surface area contributed by atoms with E-state index in [-0.39, 0.29) is 0 Å². The van der Waals surface area contributed by atoms with Crippen LogP contribution in [-0.4, -0.2) is 19.6 Å². The molecule has 0 rings (SSSR count). The molecule has 0 fully saturated rings. The third kappa shape index (κ3) is 10.2. The van der Waals surface area contributed by atoms with Crippen molar-refractivity contribution in [3.63, 3.8) is 0 Å². The predicted octanol–water partition coefficient (Wildman–Crippen LogP) is 1.60. The Bertz CT molecular complexity index is 117. The largest absolute Gasteiger partial charge is 0.330 e. The van der Waals surface area contributed by atoms with Gasteiger partial charge in [0.15, 0.2) is 0 Å².